The van der Waals surface area contributed by atoms with Gasteiger partial charge in [-0.05, 0) is 31.4 Å². The molecule has 5 aliphatic rings. The van der Waals surface area contributed by atoms with Crippen LogP contribution in [0.25, 0.3) is 10.8 Å². The van der Waals surface area contributed by atoms with Crippen LogP contribution in [0.1, 0.15) is 46.0 Å². The van der Waals surface area contributed by atoms with Crippen molar-refractivity contribution in [2.45, 2.75) is 55.6 Å². The highest BCUT2D eigenvalue weighted by Crippen LogP contribution is 2.71. The minimum atomic E-state index is -1.27. The lowest BCUT2D eigenvalue weighted by atomic mass is 9.78. The van der Waals surface area contributed by atoms with Crippen LogP contribution in [0, 0.1) is 6.92 Å². The van der Waals surface area contributed by atoms with E-state index in [9.17, 15) is 9.90 Å². The van der Waals surface area contributed by atoms with Crippen molar-refractivity contribution in [3.05, 3.63) is 28.3 Å². The van der Waals surface area contributed by atoms with Gasteiger partial charge in [-0.2, -0.15) is 12.6 Å². The number of Topliss-reactive ketones (excluding diaryl/α,β-unsaturated/α-hetero) is 1. The van der Waals surface area contributed by atoms with Crippen LogP contribution in [0.4, 0.5) is 0 Å². The predicted octanol–water partition coefficient (Wildman–Crippen LogP) is 2.98. The number of methoxy groups -OCH3 is 2. The van der Waals surface area contributed by atoms with Gasteiger partial charge in [0.15, 0.2) is 11.9 Å². The number of hydrogen-bond acceptors (Lipinski definition) is 9. The Hall–Kier alpha value is -2.04. The first-order chi connectivity index (χ1) is 15.9. The van der Waals surface area contributed by atoms with Crippen LogP contribution in [0.3, 0.4) is 0 Å². The number of hydrogen-bond donors (Lipinski definition) is 2. The third-order valence-corrected chi connectivity index (χ3v) is 8.50. The number of aromatic hydroxyl groups is 1. The highest BCUT2D eigenvalue weighted by atomic mass is 32.1. The number of fused-ring (bicyclic) bond motifs is 8. The van der Waals surface area contributed by atoms with Crippen molar-refractivity contribution < 1.29 is 38.3 Å². The second-order valence-corrected chi connectivity index (χ2v) is 9.76. The lowest BCUT2D eigenvalue weighted by Gasteiger charge is -2.48. The lowest BCUT2D eigenvalue weighted by molar-refractivity contribution is -0.283. The molecule has 2 aromatic carbocycles. The van der Waals surface area contributed by atoms with E-state index in [-0.39, 0.29) is 17.3 Å². The maximum absolute atomic E-state index is 12.9. The summed E-state index contributed by atoms with van der Waals surface area (Å²) < 4.78 is 37.3. The maximum atomic E-state index is 12.9. The summed E-state index contributed by atoms with van der Waals surface area (Å²) in [6.45, 7) is 2.31. The van der Waals surface area contributed by atoms with Gasteiger partial charge in [0.05, 0.1) is 24.7 Å². The Bertz CT molecular complexity index is 1270. The Kier molecular flexibility index (Phi) is 3.79. The molecule has 3 saturated heterocycles. The molecular weight excluding hydrogens is 448 g/mol. The van der Waals surface area contributed by atoms with Gasteiger partial charge in [-0.1, -0.05) is 0 Å². The number of carbonyl (C=O) groups excluding carboxylic acids is 1. The number of rotatable bonds is 3. The van der Waals surface area contributed by atoms with Gasteiger partial charge in [-0.3, -0.25) is 4.79 Å². The van der Waals surface area contributed by atoms with E-state index in [0.29, 0.717) is 47.3 Å². The van der Waals surface area contributed by atoms with Crippen LogP contribution < -0.4 is 9.47 Å². The Balaban J connectivity index is 1.58. The van der Waals surface area contributed by atoms with Gasteiger partial charge in [0.1, 0.15) is 23.4 Å². The van der Waals surface area contributed by atoms with E-state index < -0.39 is 29.4 Å². The Morgan fingerprint density at radius 1 is 1.27 bits per heavy atom. The van der Waals surface area contributed by atoms with Crippen molar-refractivity contribution in [1.82, 2.24) is 0 Å². The molecule has 3 fully saturated rings. The molecule has 174 valence electrons. The lowest BCUT2D eigenvalue weighted by Crippen LogP contribution is -2.67. The Morgan fingerprint density at radius 3 is 2.73 bits per heavy atom. The summed E-state index contributed by atoms with van der Waals surface area (Å²) in [5.74, 6) is -1.27. The molecule has 7 rings (SSSR count). The van der Waals surface area contributed by atoms with Gasteiger partial charge in [-0.15, -0.1) is 0 Å². The average Bonchev–Trinajstić information content (AvgIpc) is 3.47. The molecule has 5 atom stereocenters. The molecule has 0 amide bonds. The van der Waals surface area contributed by atoms with Crippen molar-refractivity contribution in [1.29, 1.82) is 0 Å². The predicted molar refractivity (Wildman–Crippen MR) is 119 cm³/mol. The summed E-state index contributed by atoms with van der Waals surface area (Å²) in [4.78, 5) is 12.9. The molecule has 1 N–H and O–H groups in total. The molecule has 2 bridgehead atoms. The summed E-state index contributed by atoms with van der Waals surface area (Å²) in [6, 6.07) is 1.96. The van der Waals surface area contributed by atoms with Crippen LogP contribution >= 0.6 is 12.6 Å². The molecule has 1 spiro atoms. The van der Waals surface area contributed by atoms with E-state index in [2.05, 4.69) is 12.6 Å². The SMILES string of the molecule is COc1c2c(c(O)c3c4c(c(C)cc13)C1OC3(CS)OC1[C@@](OC)(O4)[C@@]31CO1)C(=O)CCC2. The van der Waals surface area contributed by atoms with Gasteiger partial charge in [-0.25, -0.2) is 0 Å². The van der Waals surface area contributed by atoms with E-state index in [4.69, 9.17) is 28.4 Å². The molecule has 0 radical (unpaired) electrons. The van der Waals surface area contributed by atoms with Crippen molar-refractivity contribution in [3.63, 3.8) is 0 Å². The van der Waals surface area contributed by atoms with Gasteiger partial charge >= 0.3 is 0 Å². The average molecular weight is 473 g/mol. The summed E-state index contributed by atoms with van der Waals surface area (Å²) in [5.41, 5.74) is 1.76. The minimum Gasteiger partial charge on any atom is -0.506 e. The van der Waals surface area contributed by atoms with Crippen LogP contribution in [0.15, 0.2) is 6.07 Å². The fourth-order valence-corrected chi connectivity index (χ4v) is 6.99. The molecular formula is C24H24O8S. The fourth-order valence-electron chi connectivity index (χ4n) is 6.59. The first-order valence-corrected chi connectivity index (χ1v) is 11.8. The quantitative estimate of drug-likeness (QED) is 0.520. The largest absolute Gasteiger partial charge is 0.506 e. The van der Waals surface area contributed by atoms with Crippen molar-refractivity contribution in [2.75, 3.05) is 26.6 Å². The van der Waals surface area contributed by atoms with E-state index in [1.54, 1.807) is 14.2 Å². The van der Waals surface area contributed by atoms with E-state index in [1.807, 2.05) is 13.0 Å². The summed E-state index contributed by atoms with van der Waals surface area (Å²) in [7, 11) is 3.15. The van der Waals surface area contributed by atoms with Gasteiger partial charge in [0, 0.05) is 35.8 Å². The first-order valence-electron chi connectivity index (χ1n) is 11.2. The number of benzene rings is 2. The molecule has 2 aromatic rings. The van der Waals surface area contributed by atoms with E-state index >= 15 is 0 Å². The standard InChI is InChI=1S/C24H24O8S/c1-10-7-12-16(17(26)15-11(18(12)27-2)5-4-6-13(15)25)19-14(10)20-21-24(28-3,31-19)22(8-29-22)23(9-33,30-20)32-21/h7,20-21,26,33H,4-6,8-9H2,1-3H3/t20?,21?,22-,23?,24-/m1/s1. The van der Waals surface area contributed by atoms with Crippen LogP contribution in [0.2, 0.25) is 0 Å². The van der Waals surface area contributed by atoms with Gasteiger partial charge < -0.3 is 33.5 Å². The topological polar surface area (TPSA) is 96.0 Å². The summed E-state index contributed by atoms with van der Waals surface area (Å²) >= 11 is 4.51. The summed E-state index contributed by atoms with van der Waals surface area (Å²) in [5, 5.41) is 12.6. The Morgan fingerprint density at radius 2 is 2.06 bits per heavy atom. The number of epoxide rings is 1. The molecule has 0 aromatic heterocycles. The number of phenols is 1. The maximum Gasteiger partial charge on any atom is 0.276 e. The highest BCUT2D eigenvalue weighted by Gasteiger charge is 2.90. The van der Waals surface area contributed by atoms with Crippen LogP contribution in [-0.4, -0.2) is 60.7 Å². The first kappa shape index (κ1) is 20.3. The van der Waals surface area contributed by atoms with Crippen molar-refractivity contribution >= 4 is 29.2 Å². The molecule has 8 nitrogen and oxygen atoms in total. The third kappa shape index (κ3) is 2.01. The zero-order valence-corrected chi connectivity index (χ0v) is 19.4. The zero-order chi connectivity index (χ0) is 22.9. The van der Waals surface area contributed by atoms with E-state index in [1.165, 1.54) is 0 Å². The molecule has 4 heterocycles. The number of ketones is 1. The second kappa shape index (κ2) is 6.14. The normalized spacial score (nSPS) is 37.3. The molecule has 4 aliphatic heterocycles. The number of aryl methyl sites for hydroxylation is 1. The molecule has 33 heavy (non-hydrogen) atoms. The molecule has 0 saturated carbocycles. The van der Waals surface area contributed by atoms with Crippen molar-refractivity contribution in [3.8, 4) is 17.2 Å². The minimum absolute atomic E-state index is 0.0871. The highest BCUT2D eigenvalue weighted by molar-refractivity contribution is 7.80. The number of phenolic OH excluding ortho intramolecular Hbond substituents is 1. The smallest absolute Gasteiger partial charge is 0.276 e. The van der Waals surface area contributed by atoms with Crippen molar-refractivity contribution in [2.24, 2.45) is 0 Å². The fraction of sp³-hybridized carbons (Fsp3) is 0.542. The van der Waals surface area contributed by atoms with Crippen LogP contribution in [-0.2, 0) is 25.4 Å². The number of thiol groups is 1. The van der Waals surface area contributed by atoms with Gasteiger partial charge in [0.2, 0.25) is 11.4 Å². The summed E-state index contributed by atoms with van der Waals surface area (Å²) in [6.07, 6.45) is 0.702. The number of carbonyl (C=O) groups is 1. The second-order valence-electron chi connectivity index (χ2n) is 9.45. The monoisotopic (exact) mass is 472 g/mol. The number of ether oxygens (including phenoxy) is 6. The Labute approximate surface area is 195 Å². The van der Waals surface area contributed by atoms with E-state index in [0.717, 1.165) is 23.1 Å². The molecule has 1 aliphatic carbocycles. The third-order valence-electron chi connectivity index (χ3n) is 8.08. The molecule has 3 unspecified atom stereocenters. The van der Waals surface area contributed by atoms with Crippen LogP contribution in [0.5, 0.6) is 17.2 Å². The molecule has 9 heteroatoms. The zero-order valence-electron chi connectivity index (χ0n) is 18.5. The van der Waals surface area contributed by atoms with Gasteiger partial charge in [0.25, 0.3) is 5.79 Å².